The van der Waals surface area contributed by atoms with Crippen LogP contribution in [-0.2, 0) is 24.8 Å². The van der Waals surface area contributed by atoms with Crippen molar-refractivity contribution in [2.24, 2.45) is 7.05 Å². The molecule has 0 atom stereocenters. The molecule has 4 heteroatoms. The van der Waals surface area contributed by atoms with E-state index in [2.05, 4.69) is 30.3 Å². The van der Waals surface area contributed by atoms with E-state index >= 15 is 0 Å². The largest absolute Gasteiger partial charge is 0.372 e. The first kappa shape index (κ1) is 14.5. The van der Waals surface area contributed by atoms with E-state index < -0.39 is 0 Å². The van der Waals surface area contributed by atoms with Crippen molar-refractivity contribution in [1.82, 2.24) is 15.1 Å². The van der Waals surface area contributed by atoms with E-state index in [0.29, 0.717) is 18.8 Å². The molecule has 108 valence electrons. The first-order chi connectivity index (χ1) is 9.22. The molecule has 0 unspecified atom stereocenters. The fourth-order valence-electron chi connectivity index (χ4n) is 2.80. The van der Waals surface area contributed by atoms with Crippen molar-refractivity contribution >= 4 is 0 Å². The van der Waals surface area contributed by atoms with E-state index in [-0.39, 0.29) is 0 Å². The average Bonchev–Trinajstić information content (AvgIpc) is 2.79. The first-order valence-corrected chi connectivity index (χ1v) is 7.59. The summed E-state index contributed by atoms with van der Waals surface area (Å²) in [5, 5.41) is 7.99. The van der Waals surface area contributed by atoms with Crippen molar-refractivity contribution in [1.29, 1.82) is 0 Å². The number of rotatable bonds is 6. The van der Waals surface area contributed by atoms with Crippen molar-refractivity contribution in [2.45, 2.75) is 64.7 Å². The van der Waals surface area contributed by atoms with Gasteiger partial charge in [0.25, 0.3) is 0 Å². The molecule has 0 amide bonds. The molecule has 1 heterocycles. The molecule has 1 fully saturated rings. The normalized spacial score (nSPS) is 23.7. The Balaban J connectivity index is 1.75. The molecule has 0 radical (unpaired) electrons. The molecule has 19 heavy (non-hydrogen) atoms. The molecule has 1 aliphatic carbocycles. The molecule has 0 bridgehead atoms. The Hall–Kier alpha value is -0.870. The van der Waals surface area contributed by atoms with Crippen molar-refractivity contribution < 1.29 is 4.74 Å². The van der Waals surface area contributed by atoms with Gasteiger partial charge in [0.2, 0.25) is 0 Å². The lowest BCUT2D eigenvalue weighted by Crippen LogP contribution is -2.35. The van der Waals surface area contributed by atoms with E-state index in [1.54, 1.807) is 0 Å². The number of ether oxygens (including phenoxy) is 1. The van der Waals surface area contributed by atoms with Gasteiger partial charge in [-0.05, 0) is 44.7 Å². The highest BCUT2D eigenvalue weighted by molar-refractivity contribution is 5.09. The maximum atomic E-state index is 6.05. The van der Waals surface area contributed by atoms with Gasteiger partial charge in [-0.15, -0.1) is 0 Å². The van der Waals surface area contributed by atoms with Gasteiger partial charge in [0, 0.05) is 13.1 Å². The number of hydrogen-bond donors (Lipinski definition) is 1. The second kappa shape index (κ2) is 7.06. The lowest BCUT2D eigenvalue weighted by atomic mass is 9.93. The maximum Gasteiger partial charge on any atom is 0.0888 e. The van der Waals surface area contributed by atoms with Gasteiger partial charge in [-0.2, -0.15) is 5.10 Å². The van der Waals surface area contributed by atoms with Crippen LogP contribution in [0, 0.1) is 0 Å². The fourth-order valence-corrected chi connectivity index (χ4v) is 2.80. The van der Waals surface area contributed by atoms with Gasteiger partial charge < -0.3 is 10.1 Å². The molecule has 0 aliphatic heterocycles. The summed E-state index contributed by atoms with van der Waals surface area (Å²) < 4.78 is 7.99. The molecule has 0 spiro atoms. The van der Waals surface area contributed by atoms with Crippen molar-refractivity contribution in [3.8, 4) is 0 Å². The minimum atomic E-state index is 0.426. The van der Waals surface area contributed by atoms with E-state index in [1.807, 2.05) is 11.7 Å². The number of nitrogens with one attached hydrogen (secondary N) is 1. The predicted octanol–water partition coefficient (Wildman–Crippen LogP) is 2.42. The van der Waals surface area contributed by atoms with Gasteiger partial charge >= 0.3 is 0 Å². The van der Waals surface area contributed by atoms with Gasteiger partial charge in [0.15, 0.2) is 0 Å². The fraction of sp³-hybridized carbons (Fsp3) is 0.800. The van der Waals surface area contributed by atoms with Crippen LogP contribution in [0.5, 0.6) is 0 Å². The number of hydrogen-bond acceptors (Lipinski definition) is 3. The van der Waals surface area contributed by atoms with Crippen LogP contribution in [0.4, 0.5) is 0 Å². The van der Waals surface area contributed by atoms with Gasteiger partial charge in [0.05, 0.1) is 24.1 Å². The van der Waals surface area contributed by atoms with Crippen LogP contribution in [0.1, 0.15) is 50.9 Å². The SMILES string of the molecule is CCNC1CCC(OCc2cc(CC)nn2C)CC1. The summed E-state index contributed by atoms with van der Waals surface area (Å²) in [6, 6.07) is 2.86. The smallest absolute Gasteiger partial charge is 0.0888 e. The summed E-state index contributed by atoms with van der Waals surface area (Å²) in [6.07, 6.45) is 6.25. The molecule has 0 aromatic carbocycles. The Bertz CT molecular complexity index is 381. The Morgan fingerprint density at radius 3 is 2.63 bits per heavy atom. The van der Waals surface area contributed by atoms with Crippen LogP contribution in [0.3, 0.4) is 0 Å². The molecular weight excluding hydrogens is 238 g/mol. The highest BCUT2D eigenvalue weighted by atomic mass is 16.5. The summed E-state index contributed by atoms with van der Waals surface area (Å²) in [5.41, 5.74) is 2.34. The zero-order valence-corrected chi connectivity index (χ0v) is 12.5. The molecular formula is C15H27N3O. The Morgan fingerprint density at radius 1 is 1.32 bits per heavy atom. The van der Waals surface area contributed by atoms with Crippen LogP contribution in [0.15, 0.2) is 6.07 Å². The minimum absolute atomic E-state index is 0.426. The molecule has 0 saturated heterocycles. The highest BCUT2D eigenvalue weighted by Crippen LogP contribution is 2.22. The quantitative estimate of drug-likeness (QED) is 0.858. The zero-order chi connectivity index (χ0) is 13.7. The summed E-state index contributed by atoms with van der Waals surface area (Å²) in [4.78, 5) is 0. The van der Waals surface area contributed by atoms with Crippen LogP contribution in [-0.4, -0.2) is 28.5 Å². The molecule has 1 aliphatic rings. The molecule has 4 nitrogen and oxygen atoms in total. The third-order valence-corrected chi connectivity index (χ3v) is 4.02. The van der Waals surface area contributed by atoms with Crippen molar-refractivity contribution in [2.75, 3.05) is 6.54 Å². The van der Waals surface area contributed by atoms with Crippen LogP contribution < -0.4 is 5.32 Å². The van der Waals surface area contributed by atoms with Crippen molar-refractivity contribution in [3.05, 3.63) is 17.5 Å². The molecule has 2 rings (SSSR count). The van der Waals surface area contributed by atoms with E-state index in [0.717, 1.165) is 18.7 Å². The second-order valence-corrected chi connectivity index (χ2v) is 5.45. The number of aryl methyl sites for hydroxylation is 2. The molecule has 1 saturated carbocycles. The van der Waals surface area contributed by atoms with Gasteiger partial charge in [-0.1, -0.05) is 13.8 Å². The lowest BCUT2D eigenvalue weighted by molar-refractivity contribution is 0.00863. The van der Waals surface area contributed by atoms with Crippen molar-refractivity contribution in [3.63, 3.8) is 0 Å². The lowest BCUT2D eigenvalue weighted by Gasteiger charge is -2.28. The average molecular weight is 265 g/mol. The summed E-state index contributed by atoms with van der Waals surface area (Å²) >= 11 is 0. The zero-order valence-electron chi connectivity index (χ0n) is 12.5. The third kappa shape index (κ3) is 4.05. The van der Waals surface area contributed by atoms with Gasteiger partial charge in [0.1, 0.15) is 0 Å². The van der Waals surface area contributed by atoms with E-state index in [4.69, 9.17) is 4.74 Å². The molecule has 1 N–H and O–H groups in total. The first-order valence-electron chi connectivity index (χ1n) is 7.59. The van der Waals surface area contributed by atoms with E-state index in [9.17, 15) is 0 Å². The Morgan fingerprint density at radius 2 is 2.05 bits per heavy atom. The van der Waals surface area contributed by atoms with Crippen LogP contribution in [0.2, 0.25) is 0 Å². The predicted molar refractivity (Wildman–Crippen MR) is 77.1 cm³/mol. The summed E-state index contributed by atoms with van der Waals surface area (Å²) in [6.45, 7) is 6.08. The summed E-state index contributed by atoms with van der Waals surface area (Å²) in [5.74, 6) is 0. The highest BCUT2D eigenvalue weighted by Gasteiger charge is 2.21. The Kier molecular flexibility index (Phi) is 5.40. The van der Waals surface area contributed by atoms with Gasteiger partial charge in [-0.25, -0.2) is 0 Å². The number of nitrogens with zero attached hydrogens (tertiary/aromatic N) is 2. The van der Waals surface area contributed by atoms with Gasteiger partial charge in [-0.3, -0.25) is 4.68 Å². The maximum absolute atomic E-state index is 6.05. The van der Waals surface area contributed by atoms with Crippen LogP contribution in [0.25, 0.3) is 0 Å². The minimum Gasteiger partial charge on any atom is -0.372 e. The third-order valence-electron chi connectivity index (χ3n) is 4.02. The summed E-state index contributed by atoms with van der Waals surface area (Å²) in [7, 11) is 2.00. The topological polar surface area (TPSA) is 39.1 Å². The molecule has 1 aromatic rings. The second-order valence-electron chi connectivity index (χ2n) is 5.45. The van der Waals surface area contributed by atoms with E-state index in [1.165, 1.54) is 31.4 Å². The standard InChI is InChI=1S/C15H27N3O/c1-4-12-10-14(18(3)17-12)11-19-15-8-6-13(7-9-15)16-5-2/h10,13,15-16H,4-9,11H2,1-3H3. The Labute approximate surface area is 116 Å². The number of aromatic nitrogens is 2. The monoisotopic (exact) mass is 265 g/mol. The van der Waals surface area contributed by atoms with Crippen LogP contribution >= 0.6 is 0 Å². The molecule has 1 aromatic heterocycles.